The molecule has 1 aromatic carbocycles. The molecule has 0 spiro atoms. The molecule has 1 fully saturated rings. The summed E-state index contributed by atoms with van der Waals surface area (Å²) in [6.07, 6.45) is 5.36. The van der Waals surface area contributed by atoms with Gasteiger partial charge in [-0.2, -0.15) is 0 Å². The highest BCUT2D eigenvalue weighted by atomic mass is 16.4. The number of fused-ring (bicyclic) bond motifs is 1. The zero-order valence-corrected chi connectivity index (χ0v) is 16.7. The molecule has 1 unspecified atom stereocenters. The highest BCUT2D eigenvalue weighted by Crippen LogP contribution is 2.31. The molecule has 2 N–H and O–H groups in total. The molecular formula is C22H24N4O4. The van der Waals surface area contributed by atoms with Gasteiger partial charge in [-0.15, -0.1) is 0 Å². The van der Waals surface area contributed by atoms with Crippen LogP contribution in [0.2, 0.25) is 0 Å². The number of rotatable bonds is 6. The number of aromatic carboxylic acids is 1. The Morgan fingerprint density at radius 3 is 2.40 bits per heavy atom. The molecular weight excluding hydrogens is 384 g/mol. The first-order valence-electron chi connectivity index (χ1n) is 9.84. The first-order valence-corrected chi connectivity index (χ1v) is 9.84. The van der Waals surface area contributed by atoms with Crippen molar-refractivity contribution in [2.24, 2.45) is 7.05 Å². The van der Waals surface area contributed by atoms with Crippen LogP contribution in [-0.4, -0.2) is 67.7 Å². The van der Waals surface area contributed by atoms with Crippen LogP contribution in [0.3, 0.4) is 0 Å². The van der Waals surface area contributed by atoms with Gasteiger partial charge in [0.2, 0.25) is 0 Å². The molecule has 156 valence electrons. The molecule has 0 aliphatic carbocycles. The van der Waals surface area contributed by atoms with Crippen molar-refractivity contribution >= 4 is 22.8 Å². The van der Waals surface area contributed by atoms with Gasteiger partial charge in [-0.1, -0.05) is 0 Å². The molecule has 1 aliphatic rings. The number of carboxylic acid groups (broad SMARTS) is 2. The van der Waals surface area contributed by atoms with Crippen molar-refractivity contribution < 1.29 is 19.8 Å². The lowest BCUT2D eigenvalue weighted by molar-refractivity contribution is -0.144. The van der Waals surface area contributed by atoms with Crippen molar-refractivity contribution in [1.82, 2.24) is 19.4 Å². The summed E-state index contributed by atoms with van der Waals surface area (Å²) in [6.45, 7) is 3.58. The van der Waals surface area contributed by atoms with E-state index >= 15 is 0 Å². The number of aliphatic carboxylic acids is 1. The van der Waals surface area contributed by atoms with Gasteiger partial charge in [0.05, 0.1) is 5.56 Å². The van der Waals surface area contributed by atoms with E-state index in [0.717, 1.165) is 25.2 Å². The minimum Gasteiger partial charge on any atom is -0.480 e. The van der Waals surface area contributed by atoms with Gasteiger partial charge in [0.25, 0.3) is 0 Å². The lowest BCUT2D eigenvalue weighted by Gasteiger charge is -2.37. The Morgan fingerprint density at radius 1 is 1.07 bits per heavy atom. The summed E-state index contributed by atoms with van der Waals surface area (Å²) < 4.78 is 1.85. The first-order chi connectivity index (χ1) is 14.4. The maximum atomic E-state index is 12.3. The average molecular weight is 408 g/mol. The molecule has 2 aromatic heterocycles. The maximum absolute atomic E-state index is 12.3. The second-order valence-corrected chi connectivity index (χ2v) is 7.64. The van der Waals surface area contributed by atoms with Gasteiger partial charge in [-0.3, -0.25) is 19.6 Å². The van der Waals surface area contributed by atoms with E-state index in [0.29, 0.717) is 24.0 Å². The van der Waals surface area contributed by atoms with Crippen LogP contribution in [0.5, 0.6) is 0 Å². The third-order valence-electron chi connectivity index (χ3n) is 5.72. The van der Waals surface area contributed by atoms with Gasteiger partial charge < -0.3 is 14.8 Å². The van der Waals surface area contributed by atoms with Crippen molar-refractivity contribution in [1.29, 1.82) is 0 Å². The summed E-state index contributed by atoms with van der Waals surface area (Å²) >= 11 is 0. The summed E-state index contributed by atoms with van der Waals surface area (Å²) in [5, 5.41) is 20.1. The van der Waals surface area contributed by atoms with Crippen molar-refractivity contribution in [2.45, 2.75) is 12.6 Å². The molecule has 1 aliphatic heterocycles. The molecule has 8 heteroatoms. The fourth-order valence-corrected chi connectivity index (χ4v) is 4.19. The van der Waals surface area contributed by atoms with Gasteiger partial charge in [-0.25, -0.2) is 4.79 Å². The zero-order chi connectivity index (χ0) is 21.3. The number of nitrogens with zero attached hydrogens (tertiary/aromatic N) is 4. The highest BCUT2D eigenvalue weighted by Gasteiger charge is 2.32. The SMILES string of the molecule is Cn1cc(C(C(=O)O)N2CCN(Cc3ccncc3)CC2)c2cc(C(=O)O)ccc21. The summed E-state index contributed by atoms with van der Waals surface area (Å²) in [5.41, 5.74) is 2.79. The number of hydrogen-bond donors (Lipinski definition) is 2. The number of hydrogen-bond acceptors (Lipinski definition) is 5. The maximum Gasteiger partial charge on any atom is 0.335 e. The molecule has 30 heavy (non-hydrogen) atoms. The standard InChI is InChI=1S/C22H24N4O4/c1-24-14-18(17-12-16(21(27)28)2-3-19(17)24)20(22(29)30)26-10-8-25(9-11-26)13-15-4-6-23-7-5-15/h2-7,12,14,20H,8-11,13H2,1H3,(H,27,28)(H,29,30). The van der Waals surface area contributed by atoms with Gasteiger partial charge in [0, 0.05) is 74.8 Å². The number of carboxylic acids is 2. The van der Waals surface area contributed by atoms with Crippen molar-refractivity contribution in [3.8, 4) is 0 Å². The molecule has 4 rings (SSSR count). The van der Waals surface area contributed by atoms with Crippen LogP contribution < -0.4 is 0 Å². The third-order valence-corrected chi connectivity index (χ3v) is 5.72. The van der Waals surface area contributed by atoms with Crippen LogP contribution in [0.15, 0.2) is 48.9 Å². The van der Waals surface area contributed by atoms with E-state index in [1.54, 1.807) is 36.8 Å². The van der Waals surface area contributed by atoms with E-state index in [-0.39, 0.29) is 5.56 Å². The molecule has 0 bridgehead atoms. The largest absolute Gasteiger partial charge is 0.480 e. The smallest absolute Gasteiger partial charge is 0.335 e. The van der Waals surface area contributed by atoms with Crippen LogP contribution in [0.25, 0.3) is 10.9 Å². The molecule has 8 nitrogen and oxygen atoms in total. The lowest BCUT2D eigenvalue weighted by Crippen LogP contribution is -2.48. The molecule has 0 radical (unpaired) electrons. The van der Waals surface area contributed by atoms with Crippen molar-refractivity contribution in [3.63, 3.8) is 0 Å². The Labute approximate surface area is 174 Å². The predicted octanol–water partition coefficient (Wildman–Crippen LogP) is 2.21. The molecule has 1 atom stereocenters. The fourth-order valence-electron chi connectivity index (χ4n) is 4.19. The molecule has 0 amide bonds. The molecule has 3 heterocycles. The van der Waals surface area contributed by atoms with E-state index in [1.165, 1.54) is 5.56 Å². The van der Waals surface area contributed by atoms with E-state index in [4.69, 9.17) is 0 Å². The van der Waals surface area contributed by atoms with Gasteiger partial charge in [0.1, 0.15) is 6.04 Å². The van der Waals surface area contributed by atoms with Crippen molar-refractivity contribution in [3.05, 3.63) is 65.6 Å². The Bertz CT molecular complexity index is 1070. The van der Waals surface area contributed by atoms with Crippen LogP contribution in [0.4, 0.5) is 0 Å². The van der Waals surface area contributed by atoms with E-state index < -0.39 is 18.0 Å². The number of benzene rings is 1. The molecule has 3 aromatic rings. The Balaban J connectivity index is 1.57. The second-order valence-electron chi connectivity index (χ2n) is 7.64. The summed E-state index contributed by atoms with van der Waals surface area (Å²) in [7, 11) is 1.85. The van der Waals surface area contributed by atoms with Gasteiger partial charge in [0.15, 0.2) is 0 Å². The second kappa shape index (κ2) is 8.25. The van der Waals surface area contributed by atoms with E-state index in [1.807, 2.05) is 28.6 Å². The molecule has 0 saturated carbocycles. The Kier molecular flexibility index (Phi) is 5.52. The van der Waals surface area contributed by atoms with E-state index in [9.17, 15) is 19.8 Å². The average Bonchev–Trinajstić information content (AvgIpc) is 3.05. The van der Waals surface area contributed by atoms with Crippen LogP contribution >= 0.6 is 0 Å². The number of piperazine rings is 1. The lowest BCUT2D eigenvalue weighted by atomic mass is 10.0. The number of carbonyl (C=O) groups is 2. The summed E-state index contributed by atoms with van der Waals surface area (Å²) in [4.78, 5) is 32.0. The van der Waals surface area contributed by atoms with E-state index in [2.05, 4.69) is 9.88 Å². The molecule has 1 saturated heterocycles. The highest BCUT2D eigenvalue weighted by molar-refractivity contribution is 5.96. The monoisotopic (exact) mass is 408 g/mol. The summed E-state index contributed by atoms with van der Waals surface area (Å²) in [6, 6.07) is 8.00. The van der Waals surface area contributed by atoms with Gasteiger partial charge in [-0.05, 0) is 35.9 Å². The first kappa shape index (κ1) is 20.1. The summed E-state index contributed by atoms with van der Waals surface area (Å²) in [5.74, 6) is -1.95. The van der Waals surface area contributed by atoms with Crippen LogP contribution in [-0.2, 0) is 18.4 Å². The van der Waals surface area contributed by atoms with Crippen LogP contribution in [0.1, 0.15) is 27.5 Å². The number of aromatic nitrogens is 2. The number of pyridine rings is 1. The third kappa shape index (κ3) is 3.92. The van der Waals surface area contributed by atoms with Gasteiger partial charge >= 0.3 is 11.9 Å². The Morgan fingerprint density at radius 2 is 1.77 bits per heavy atom. The zero-order valence-electron chi connectivity index (χ0n) is 16.7. The topological polar surface area (TPSA) is 98.9 Å². The fraction of sp³-hybridized carbons (Fsp3) is 0.318. The normalized spacial score (nSPS) is 16.6. The minimum atomic E-state index is -1.02. The number of aryl methyl sites for hydroxylation is 1. The minimum absolute atomic E-state index is 0.154. The quantitative estimate of drug-likeness (QED) is 0.645. The Hall–Kier alpha value is -3.23. The van der Waals surface area contributed by atoms with Crippen LogP contribution in [0, 0.1) is 0 Å². The van der Waals surface area contributed by atoms with Crippen molar-refractivity contribution in [2.75, 3.05) is 26.2 Å². The predicted molar refractivity (Wildman–Crippen MR) is 111 cm³/mol.